The fourth-order valence-electron chi connectivity index (χ4n) is 1.94. The minimum Gasteiger partial charge on any atom is -0.495 e. The van der Waals surface area contributed by atoms with Crippen LogP contribution in [0.4, 0.5) is 20.2 Å². The second kappa shape index (κ2) is 7.30. The van der Waals surface area contributed by atoms with Gasteiger partial charge in [-0.25, -0.2) is 8.42 Å². The molecule has 11 heteroatoms. The van der Waals surface area contributed by atoms with Crippen molar-refractivity contribution in [1.29, 1.82) is 0 Å². The van der Waals surface area contributed by atoms with Crippen molar-refractivity contribution in [3.8, 4) is 11.5 Å². The minimum atomic E-state index is -4.37. The van der Waals surface area contributed by atoms with Crippen molar-refractivity contribution in [1.82, 2.24) is 0 Å². The van der Waals surface area contributed by atoms with Gasteiger partial charge in [0, 0.05) is 12.1 Å². The van der Waals surface area contributed by atoms with E-state index < -0.39 is 37.9 Å². The predicted molar refractivity (Wildman–Crippen MR) is 83.5 cm³/mol. The topological polar surface area (TPSA) is 108 Å². The zero-order chi connectivity index (χ0) is 18.6. The number of nitrogens with one attached hydrogen (secondary N) is 1. The molecule has 0 bridgehead atoms. The van der Waals surface area contributed by atoms with E-state index in [1.165, 1.54) is 25.3 Å². The number of halogens is 2. The first-order valence-corrected chi connectivity index (χ1v) is 8.12. The number of ether oxygens (including phenoxy) is 2. The van der Waals surface area contributed by atoms with Gasteiger partial charge in [0.2, 0.25) is 0 Å². The van der Waals surface area contributed by atoms with Gasteiger partial charge in [-0.2, -0.15) is 8.78 Å². The van der Waals surface area contributed by atoms with Crippen molar-refractivity contribution in [2.45, 2.75) is 11.5 Å². The summed E-state index contributed by atoms with van der Waals surface area (Å²) in [7, 11) is -3.19. The number of hydrogen-bond donors (Lipinski definition) is 1. The number of nitro benzene ring substituents is 1. The lowest BCUT2D eigenvalue weighted by Crippen LogP contribution is -2.16. The van der Waals surface area contributed by atoms with Crippen LogP contribution in [0.2, 0.25) is 0 Å². The number of nitrogens with zero attached hydrogens (tertiary/aromatic N) is 1. The molecule has 0 aliphatic carbocycles. The van der Waals surface area contributed by atoms with Crippen molar-refractivity contribution < 1.29 is 31.6 Å². The van der Waals surface area contributed by atoms with Gasteiger partial charge >= 0.3 is 6.61 Å². The summed E-state index contributed by atoms with van der Waals surface area (Å²) in [6.07, 6.45) is 0. The Kier molecular flexibility index (Phi) is 5.37. The van der Waals surface area contributed by atoms with Crippen molar-refractivity contribution in [3.05, 3.63) is 52.6 Å². The molecule has 2 aromatic rings. The number of rotatable bonds is 7. The van der Waals surface area contributed by atoms with Crippen molar-refractivity contribution in [2.75, 3.05) is 11.8 Å². The highest BCUT2D eigenvalue weighted by Crippen LogP contribution is 2.32. The molecule has 25 heavy (non-hydrogen) atoms. The van der Waals surface area contributed by atoms with E-state index in [4.69, 9.17) is 4.74 Å². The molecule has 0 amide bonds. The van der Waals surface area contributed by atoms with Gasteiger partial charge in [-0.05, 0) is 18.2 Å². The van der Waals surface area contributed by atoms with Gasteiger partial charge in [-0.15, -0.1) is 0 Å². The van der Waals surface area contributed by atoms with Gasteiger partial charge < -0.3 is 9.47 Å². The minimum absolute atomic E-state index is 0.148. The number of hydrogen-bond acceptors (Lipinski definition) is 6. The van der Waals surface area contributed by atoms with Gasteiger partial charge in [-0.3, -0.25) is 14.8 Å². The molecule has 0 heterocycles. The Bertz CT molecular complexity index is 889. The molecular weight excluding hydrogens is 362 g/mol. The molecule has 0 spiro atoms. The summed E-state index contributed by atoms with van der Waals surface area (Å²) < 4.78 is 61.1. The fourth-order valence-corrected chi connectivity index (χ4v) is 3.20. The van der Waals surface area contributed by atoms with Gasteiger partial charge in [0.25, 0.3) is 15.7 Å². The lowest BCUT2D eigenvalue weighted by molar-refractivity contribution is -0.385. The van der Waals surface area contributed by atoms with Crippen molar-refractivity contribution in [2.24, 2.45) is 0 Å². The summed E-state index contributed by atoms with van der Waals surface area (Å²) >= 11 is 0. The van der Waals surface area contributed by atoms with E-state index in [0.29, 0.717) is 0 Å². The fraction of sp³-hybridized carbons (Fsp3) is 0.143. The third kappa shape index (κ3) is 4.32. The molecule has 0 atom stereocenters. The maximum atomic E-state index is 12.5. The van der Waals surface area contributed by atoms with Crippen LogP contribution >= 0.6 is 0 Å². The molecule has 1 N–H and O–H groups in total. The van der Waals surface area contributed by atoms with Gasteiger partial charge in [0.15, 0.2) is 0 Å². The van der Waals surface area contributed by atoms with Crippen LogP contribution in [-0.2, 0) is 10.0 Å². The van der Waals surface area contributed by atoms with Crippen molar-refractivity contribution >= 4 is 21.4 Å². The maximum absolute atomic E-state index is 12.5. The normalized spacial score (nSPS) is 11.2. The van der Waals surface area contributed by atoms with Crippen molar-refractivity contribution in [3.63, 3.8) is 0 Å². The van der Waals surface area contributed by atoms with Crippen LogP contribution in [0.3, 0.4) is 0 Å². The van der Waals surface area contributed by atoms with Crippen LogP contribution < -0.4 is 14.2 Å². The SMILES string of the molecule is COc1ccc([N+](=O)[O-])cc1S(=O)(=O)Nc1ccccc1OC(F)F. The highest BCUT2D eigenvalue weighted by Gasteiger charge is 2.24. The molecule has 134 valence electrons. The summed E-state index contributed by atoms with van der Waals surface area (Å²) in [6, 6.07) is 8.13. The molecule has 8 nitrogen and oxygen atoms in total. The van der Waals surface area contributed by atoms with E-state index in [-0.39, 0.29) is 11.4 Å². The first-order chi connectivity index (χ1) is 11.7. The molecule has 0 unspecified atom stereocenters. The first-order valence-electron chi connectivity index (χ1n) is 6.63. The molecule has 0 saturated carbocycles. The molecule has 0 aromatic heterocycles. The van der Waals surface area contributed by atoms with Crippen LogP contribution in [0.1, 0.15) is 0 Å². The highest BCUT2D eigenvalue weighted by atomic mass is 32.2. The largest absolute Gasteiger partial charge is 0.495 e. The van der Waals surface area contributed by atoms with E-state index in [2.05, 4.69) is 9.46 Å². The summed E-state index contributed by atoms with van der Waals surface area (Å²) in [6.45, 7) is -3.15. The highest BCUT2D eigenvalue weighted by molar-refractivity contribution is 7.92. The van der Waals surface area contributed by atoms with Gasteiger partial charge in [0.05, 0.1) is 17.7 Å². The summed E-state index contributed by atoms with van der Waals surface area (Å²) in [5, 5.41) is 10.9. The second-order valence-electron chi connectivity index (χ2n) is 4.57. The third-order valence-corrected chi connectivity index (χ3v) is 4.38. The average Bonchev–Trinajstić information content (AvgIpc) is 2.55. The molecule has 0 fully saturated rings. The third-order valence-electron chi connectivity index (χ3n) is 2.99. The Balaban J connectivity index is 2.47. The molecule has 0 aliphatic rings. The maximum Gasteiger partial charge on any atom is 0.387 e. The Morgan fingerprint density at radius 2 is 1.84 bits per heavy atom. The number of non-ortho nitro benzene ring substituents is 1. The van der Waals surface area contributed by atoms with Crippen LogP contribution in [-0.4, -0.2) is 27.1 Å². The molecule has 2 rings (SSSR count). The Morgan fingerprint density at radius 3 is 2.44 bits per heavy atom. The van der Waals surface area contributed by atoms with Crippen LogP contribution in [0, 0.1) is 10.1 Å². The molecule has 0 saturated heterocycles. The Labute approximate surface area is 141 Å². The molecule has 0 radical (unpaired) electrons. The quantitative estimate of drug-likeness (QED) is 0.590. The number of nitro groups is 1. The first kappa shape index (κ1) is 18.4. The number of benzene rings is 2. The van der Waals surface area contributed by atoms with E-state index in [1.807, 2.05) is 0 Å². The number of anilines is 1. The zero-order valence-corrected chi connectivity index (χ0v) is 13.5. The van der Waals surface area contributed by atoms with Gasteiger partial charge in [-0.1, -0.05) is 12.1 Å². The smallest absolute Gasteiger partial charge is 0.387 e. The standard InChI is InChI=1S/C14H12F2N2O6S/c1-23-12-7-6-9(18(19)20)8-13(12)25(21,22)17-10-4-2-3-5-11(10)24-14(15)16/h2-8,14,17H,1H3. The van der Waals surface area contributed by atoms with Crippen LogP contribution in [0.15, 0.2) is 47.4 Å². The average molecular weight is 374 g/mol. The second-order valence-corrected chi connectivity index (χ2v) is 6.22. The number of sulfonamides is 1. The van der Waals surface area contributed by atoms with E-state index >= 15 is 0 Å². The van der Waals surface area contributed by atoms with Gasteiger partial charge in [0.1, 0.15) is 16.4 Å². The lowest BCUT2D eigenvalue weighted by Gasteiger charge is -2.14. The lowest BCUT2D eigenvalue weighted by atomic mass is 10.3. The predicted octanol–water partition coefficient (Wildman–Crippen LogP) is 3.01. The van der Waals surface area contributed by atoms with Crippen LogP contribution in [0.25, 0.3) is 0 Å². The van der Waals surface area contributed by atoms with E-state index in [0.717, 1.165) is 24.3 Å². The summed E-state index contributed by atoms with van der Waals surface area (Å²) in [5.41, 5.74) is -0.727. The monoisotopic (exact) mass is 374 g/mol. The van der Waals surface area contributed by atoms with Crippen LogP contribution in [0.5, 0.6) is 11.5 Å². The van der Waals surface area contributed by atoms with E-state index in [1.54, 1.807) is 0 Å². The Hall–Kier alpha value is -2.95. The molecular formula is C14H12F2N2O6S. The summed E-state index contributed by atoms with van der Waals surface area (Å²) in [4.78, 5) is 9.57. The van der Waals surface area contributed by atoms with E-state index in [9.17, 15) is 27.3 Å². The number of para-hydroxylation sites is 2. The Morgan fingerprint density at radius 1 is 1.16 bits per heavy atom. The number of alkyl halides is 2. The summed E-state index contributed by atoms with van der Waals surface area (Å²) in [5.74, 6) is -0.546. The number of methoxy groups -OCH3 is 1. The molecule has 0 aliphatic heterocycles. The zero-order valence-electron chi connectivity index (χ0n) is 12.7. The molecule has 2 aromatic carbocycles.